The maximum absolute atomic E-state index is 12.3. The second-order valence-corrected chi connectivity index (χ2v) is 5.40. The number of rotatable bonds is 5. The minimum absolute atomic E-state index is 0.0262. The van der Waals surface area contributed by atoms with Crippen molar-refractivity contribution in [2.45, 2.75) is 32.2 Å². The van der Waals surface area contributed by atoms with Crippen molar-refractivity contribution >= 4 is 17.7 Å². The number of amides is 3. The molecule has 7 nitrogen and oxygen atoms in total. The minimum atomic E-state index is -0.664. The van der Waals surface area contributed by atoms with Gasteiger partial charge in [-0.2, -0.15) is 0 Å². The van der Waals surface area contributed by atoms with Crippen LogP contribution in [0.25, 0.3) is 0 Å². The van der Waals surface area contributed by atoms with Crippen molar-refractivity contribution in [1.29, 1.82) is 0 Å². The first kappa shape index (κ1) is 15.4. The molecule has 108 valence electrons. The molecule has 0 spiro atoms. The zero-order valence-electron chi connectivity index (χ0n) is 11.2. The predicted molar refractivity (Wildman–Crippen MR) is 69.4 cm³/mol. The summed E-state index contributed by atoms with van der Waals surface area (Å²) < 4.78 is 0. The van der Waals surface area contributed by atoms with Crippen molar-refractivity contribution < 1.29 is 14.4 Å². The molecule has 1 rings (SSSR count). The van der Waals surface area contributed by atoms with E-state index < -0.39 is 11.8 Å². The zero-order chi connectivity index (χ0) is 14.6. The Bertz CT molecular complexity index is 346. The van der Waals surface area contributed by atoms with Crippen molar-refractivity contribution in [2.75, 3.05) is 13.1 Å². The number of carbonyl (C=O) groups is 3. The lowest BCUT2D eigenvalue weighted by atomic mass is 9.79. The summed E-state index contributed by atoms with van der Waals surface area (Å²) in [6.07, 6.45) is 2.16. The first-order chi connectivity index (χ1) is 8.79. The lowest BCUT2D eigenvalue weighted by molar-refractivity contribution is -0.142. The van der Waals surface area contributed by atoms with Crippen LogP contribution in [0.5, 0.6) is 0 Å². The second-order valence-electron chi connectivity index (χ2n) is 5.40. The fraction of sp³-hybridized carbons (Fsp3) is 0.750. The molecule has 0 aromatic heterocycles. The molecule has 3 amide bonds. The molecule has 1 fully saturated rings. The highest BCUT2D eigenvalue weighted by Gasteiger charge is 2.32. The molecule has 0 aromatic carbocycles. The summed E-state index contributed by atoms with van der Waals surface area (Å²) in [7, 11) is 0. The van der Waals surface area contributed by atoms with E-state index in [1.807, 2.05) is 6.92 Å². The smallest absolute Gasteiger partial charge is 0.237 e. The summed E-state index contributed by atoms with van der Waals surface area (Å²) in [4.78, 5) is 35.4. The van der Waals surface area contributed by atoms with Crippen LogP contribution in [0.4, 0.5) is 0 Å². The molecule has 3 atom stereocenters. The van der Waals surface area contributed by atoms with Crippen LogP contribution in [-0.2, 0) is 14.4 Å². The van der Waals surface area contributed by atoms with E-state index in [0.29, 0.717) is 18.8 Å². The van der Waals surface area contributed by atoms with Crippen molar-refractivity contribution in [1.82, 2.24) is 4.90 Å². The monoisotopic (exact) mass is 270 g/mol. The third-order valence-corrected chi connectivity index (χ3v) is 3.33. The van der Waals surface area contributed by atoms with Crippen LogP contribution >= 0.6 is 0 Å². The highest BCUT2D eigenvalue weighted by molar-refractivity contribution is 5.89. The molecule has 0 radical (unpaired) electrons. The van der Waals surface area contributed by atoms with E-state index in [1.54, 1.807) is 0 Å². The minimum Gasteiger partial charge on any atom is -0.368 e. The van der Waals surface area contributed by atoms with Crippen molar-refractivity contribution in [3.63, 3.8) is 0 Å². The molecule has 0 aromatic rings. The Balaban J connectivity index is 2.74. The molecule has 1 aliphatic rings. The average molecular weight is 270 g/mol. The standard InChI is InChI=1S/C12H22N4O3/c1-7-2-8(4-9(13)3-7)12(19)16(5-10(14)17)6-11(15)18/h7-9H,2-6,13H2,1H3,(H2,14,17)(H2,15,18). The van der Waals surface area contributed by atoms with E-state index >= 15 is 0 Å². The molecular formula is C12H22N4O3. The van der Waals surface area contributed by atoms with Gasteiger partial charge in [-0.1, -0.05) is 6.92 Å². The van der Waals surface area contributed by atoms with Crippen LogP contribution < -0.4 is 17.2 Å². The molecular weight excluding hydrogens is 248 g/mol. The number of hydrogen-bond acceptors (Lipinski definition) is 4. The van der Waals surface area contributed by atoms with Gasteiger partial charge in [-0.25, -0.2) is 0 Å². The Kier molecular flexibility index (Phi) is 5.29. The topological polar surface area (TPSA) is 133 Å². The molecule has 6 N–H and O–H groups in total. The van der Waals surface area contributed by atoms with Crippen LogP contribution in [0.15, 0.2) is 0 Å². The van der Waals surface area contributed by atoms with Gasteiger partial charge in [0, 0.05) is 12.0 Å². The Labute approximate surface area is 112 Å². The molecule has 0 saturated heterocycles. The lowest BCUT2D eigenvalue weighted by Crippen LogP contribution is -2.48. The predicted octanol–water partition coefficient (Wildman–Crippen LogP) is -1.45. The molecule has 1 saturated carbocycles. The maximum atomic E-state index is 12.3. The van der Waals surface area contributed by atoms with Gasteiger partial charge in [0.25, 0.3) is 0 Å². The SMILES string of the molecule is CC1CC(N)CC(C(=O)N(CC(N)=O)CC(N)=O)C1. The fourth-order valence-electron chi connectivity index (χ4n) is 2.70. The van der Waals surface area contributed by atoms with E-state index in [2.05, 4.69) is 0 Å². The number of nitrogens with two attached hydrogens (primary N) is 3. The number of carbonyl (C=O) groups excluding carboxylic acids is 3. The largest absolute Gasteiger partial charge is 0.368 e. The molecule has 19 heavy (non-hydrogen) atoms. The highest BCUT2D eigenvalue weighted by Crippen LogP contribution is 2.29. The third kappa shape index (κ3) is 4.86. The maximum Gasteiger partial charge on any atom is 0.237 e. The molecule has 3 unspecified atom stereocenters. The molecule has 0 heterocycles. The van der Waals surface area contributed by atoms with Crippen molar-refractivity contribution in [2.24, 2.45) is 29.0 Å². The van der Waals surface area contributed by atoms with Gasteiger partial charge in [-0.05, 0) is 25.2 Å². The summed E-state index contributed by atoms with van der Waals surface area (Å²) in [5, 5.41) is 0. The lowest BCUT2D eigenvalue weighted by Gasteiger charge is -2.33. The first-order valence-electron chi connectivity index (χ1n) is 6.40. The van der Waals surface area contributed by atoms with Crippen molar-refractivity contribution in [3.8, 4) is 0 Å². The number of nitrogens with zero attached hydrogens (tertiary/aromatic N) is 1. The first-order valence-corrected chi connectivity index (χ1v) is 6.40. The number of hydrogen-bond donors (Lipinski definition) is 3. The number of primary amides is 2. The van der Waals surface area contributed by atoms with E-state index in [9.17, 15) is 14.4 Å². The van der Waals surface area contributed by atoms with Crippen LogP contribution in [0.1, 0.15) is 26.2 Å². The zero-order valence-corrected chi connectivity index (χ0v) is 11.2. The van der Waals surface area contributed by atoms with Gasteiger partial charge in [-0.3, -0.25) is 14.4 Å². The second kappa shape index (κ2) is 6.51. The van der Waals surface area contributed by atoms with Gasteiger partial charge in [0.05, 0.1) is 13.1 Å². The summed E-state index contributed by atoms with van der Waals surface area (Å²) in [6, 6.07) is -0.0262. The van der Waals surface area contributed by atoms with E-state index in [-0.39, 0.29) is 31.0 Å². The summed E-state index contributed by atoms with van der Waals surface area (Å²) in [5.41, 5.74) is 16.1. The fourth-order valence-corrected chi connectivity index (χ4v) is 2.70. The van der Waals surface area contributed by atoms with Crippen LogP contribution in [-0.4, -0.2) is 41.8 Å². The Morgan fingerprint density at radius 1 is 1.05 bits per heavy atom. The molecule has 7 heteroatoms. The summed E-state index contributed by atoms with van der Waals surface area (Å²) >= 11 is 0. The Morgan fingerprint density at radius 3 is 2.00 bits per heavy atom. The van der Waals surface area contributed by atoms with Crippen LogP contribution in [0, 0.1) is 11.8 Å². The van der Waals surface area contributed by atoms with Crippen LogP contribution in [0.3, 0.4) is 0 Å². The molecule has 0 aliphatic heterocycles. The van der Waals surface area contributed by atoms with E-state index in [0.717, 1.165) is 11.3 Å². The highest BCUT2D eigenvalue weighted by atomic mass is 16.2. The summed E-state index contributed by atoms with van der Waals surface area (Å²) in [6.45, 7) is 1.45. The third-order valence-electron chi connectivity index (χ3n) is 3.33. The van der Waals surface area contributed by atoms with Crippen LogP contribution in [0.2, 0.25) is 0 Å². The Morgan fingerprint density at radius 2 is 1.58 bits per heavy atom. The Hall–Kier alpha value is -1.63. The van der Waals surface area contributed by atoms with Gasteiger partial charge in [-0.15, -0.1) is 0 Å². The van der Waals surface area contributed by atoms with E-state index in [4.69, 9.17) is 17.2 Å². The van der Waals surface area contributed by atoms with Crippen molar-refractivity contribution in [3.05, 3.63) is 0 Å². The van der Waals surface area contributed by atoms with Gasteiger partial charge < -0.3 is 22.1 Å². The van der Waals surface area contributed by atoms with Gasteiger partial charge in [0.15, 0.2) is 0 Å². The molecule has 1 aliphatic carbocycles. The van der Waals surface area contributed by atoms with Gasteiger partial charge >= 0.3 is 0 Å². The normalized spacial score (nSPS) is 26.7. The quantitative estimate of drug-likeness (QED) is 0.563. The summed E-state index contributed by atoms with van der Waals surface area (Å²) in [5.74, 6) is -1.51. The van der Waals surface area contributed by atoms with E-state index in [1.165, 1.54) is 0 Å². The molecule has 0 bridgehead atoms. The van der Waals surface area contributed by atoms with Gasteiger partial charge in [0.1, 0.15) is 0 Å². The van der Waals surface area contributed by atoms with Gasteiger partial charge in [0.2, 0.25) is 17.7 Å². The average Bonchev–Trinajstić information content (AvgIpc) is 2.24.